The molecule has 1 aromatic rings. The van der Waals surface area contributed by atoms with E-state index in [2.05, 4.69) is 13.8 Å². The van der Waals surface area contributed by atoms with Crippen molar-refractivity contribution in [3.8, 4) is 0 Å². The van der Waals surface area contributed by atoms with Gasteiger partial charge in [-0.25, -0.2) is 8.42 Å². The van der Waals surface area contributed by atoms with Gasteiger partial charge in [0.1, 0.15) is 0 Å². The topological polar surface area (TPSA) is 57.7 Å². The van der Waals surface area contributed by atoms with Crippen molar-refractivity contribution >= 4 is 21.6 Å². The van der Waals surface area contributed by atoms with Gasteiger partial charge in [-0.3, -0.25) is 4.79 Å². The van der Waals surface area contributed by atoms with Gasteiger partial charge in [-0.05, 0) is 48.9 Å². The highest BCUT2D eigenvalue weighted by atomic mass is 32.2. The maximum atomic E-state index is 12.8. The number of sulfonamides is 1. The first-order chi connectivity index (χ1) is 10.9. The summed E-state index contributed by atoms with van der Waals surface area (Å²) < 4.78 is 27.2. The zero-order valence-electron chi connectivity index (χ0n) is 13.7. The third-order valence-electron chi connectivity index (χ3n) is 4.69. The Balaban J connectivity index is 1.81. The molecule has 0 aromatic heterocycles. The molecule has 2 aliphatic rings. The van der Waals surface area contributed by atoms with Gasteiger partial charge in [0.05, 0.1) is 4.90 Å². The summed E-state index contributed by atoms with van der Waals surface area (Å²) in [6.45, 7) is 6.07. The maximum Gasteiger partial charge on any atom is 0.243 e. The molecule has 2 fully saturated rings. The van der Waals surface area contributed by atoms with Gasteiger partial charge in [-0.1, -0.05) is 13.8 Å². The summed E-state index contributed by atoms with van der Waals surface area (Å²) in [6.07, 6.45) is 2.51. The summed E-state index contributed by atoms with van der Waals surface area (Å²) in [5, 5.41) is 0. The number of benzene rings is 1. The third kappa shape index (κ3) is 3.28. The van der Waals surface area contributed by atoms with E-state index in [-0.39, 0.29) is 5.91 Å². The van der Waals surface area contributed by atoms with Gasteiger partial charge in [-0.2, -0.15) is 4.31 Å². The zero-order chi connectivity index (χ0) is 16.6. The summed E-state index contributed by atoms with van der Waals surface area (Å²) in [7, 11) is -3.45. The average molecular weight is 336 g/mol. The standard InChI is InChI=1S/C17H24N2O3S/c1-13-10-14(2)12-18(11-13)23(21,22)16-7-5-15(6-8-16)19-9-3-4-17(19)20/h5-8,13-14H,3-4,9-12H2,1-2H3/t13-,14-/m1/s1. The second-order valence-electron chi connectivity index (χ2n) is 6.91. The van der Waals surface area contributed by atoms with Gasteiger partial charge in [0.25, 0.3) is 0 Å². The predicted octanol–water partition coefficient (Wildman–Crippen LogP) is 2.48. The lowest BCUT2D eigenvalue weighted by atomic mass is 9.94. The molecular formula is C17H24N2O3S. The molecule has 5 nitrogen and oxygen atoms in total. The first kappa shape index (κ1) is 16.5. The van der Waals surface area contributed by atoms with Crippen LogP contribution in [-0.4, -0.2) is 38.3 Å². The molecule has 126 valence electrons. The number of piperidine rings is 1. The van der Waals surface area contributed by atoms with Gasteiger partial charge in [0.15, 0.2) is 0 Å². The van der Waals surface area contributed by atoms with E-state index in [1.54, 1.807) is 33.5 Å². The summed E-state index contributed by atoms with van der Waals surface area (Å²) in [5.74, 6) is 0.879. The fourth-order valence-corrected chi connectivity index (χ4v) is 5.35. The van der Waals surface area contributed by atoms with Crippen molar-refractivity contribution < 1.29 is 13.2 Å². The third-order valence-corrected chi connectivity index (χ3v) is 6.54. The monoisotopic (exact) mass is 336 g/mol. The number of hydrogen-bond donors (Lipinski definition) is 0. The molecule has 0 N–H and O–H groups in total. The molecule has 1 aromatic carbocycles. The summed E-state index contributed by atoms with van der Waals surface area (Å²) in [6, 6.07) is 6.74. The van der Waals surface area contributed by atoms with Gasteiger partial charge >= 0.3 is 0 Å². The minimum Gasteiger partial charge on any atom is -0.312 e. The number of anilines is 1. The smallest absolute Gasteiger partial charge is 0.243 e. The van der Waals surface area contributed by atoms with Gasteiger partial charge < -0.3 is 4.90 Å². The minimum absolute atomic E-state index is 0.110. The zero-order valence-corrected chi connectivity index (χ0v) is 14.6. The molecule has 0 saturated carbocycles. The quantitative estimate of drug-likeness (QED) is 0.852. The van der Waals surface area contributed by atoms with E-state index in [1.165, 1.54) is 0 Å². The van der Waals surface area contributed by atoms with E-state index < -0.39 is 10.0 Å². The van der Waals surface area contributed by atoms with Crippen LogP contribution in [0.1, 0.15) is 33.1 Å². The van der Waals surface area contributed by atoms with Crippen LogP contribution in [0.3, 0.4) is 0 Å². The molecule has 0 aliphatic carbocycles. The maximum absolute atomic E-state index is 12.8. The molecule has 23 heavy (non-hydrogen) atoms. The van der Waals surface area contributed by atoms with Crippen LogP contribution in [0.15, 0.2) is 29.2 Å². The Kier molecular flexibility index (Phi) is 4.47. The Morgan fingerprint density at radius 1 is 1.04 bits per heavy atom. The van der Waals surface area contributed by atoms with Crippen LogP contribution >= 0.6 is 0 Å². The molecule has 2 atom stereocenters. The molecule has 1 amide bonds. The highest BCUT2D eigenvalue weighted by molar-refractivity contribution is 7.89. The van der Waals surface area contributed by atoms with Crippen LogP contribution in [0.4, 0.5) is 5.69 Å². The van der Waals surface area contributed by atoms with Crippen molar-refractivity contribution in [1.29, 1.82) is 0 Å². The molecule has 0 bridgehead atoms. The fourth-order valence-electron chi connectivity index (χ4n) is 3.67. The number of hydrogen-bond acceptors (Lipinski definition) is 3. The largest absolute Gasteiger partial charge is 0.312 e. The van der Waals surface area contributed by atoms with Gasteiger partial charge in [-0.15, -0.1) is 0 Å². The summed E-state index contributed by atoms with van der Waals surface area (Å²) in [4.78, 5) is 13.8. The van der Waals surface area contributed by atoms with Crippen molar-refractivity contribution in [3.05, 3.63) is 24.3 Å². The van der Waals surface area contributed by atoms with Gasteiger partial charge in [0, 0.05) is 31.7 Å². The highest BCUT2D eigenvalue weighted by Crippen LogP contribution is 2.28. The van der Waals surface area contributed by atoms with Crippen molar-refractivity contribution in [2.75, 3.05) is 24.5 Å². The van der Waals surface area contributed by atoms with Crippen molar-refractivity contribution in [1.82, 2.24) is 4.31 Å². The van der Waals surface area contributed by atoms with E-state index in [0.29, 0.717) is 42.8 Å². The van der Waals surface area contributed by atoms with Gasteiger partial charge in [0.2, 0.25) is 15.9 Å². The normalized spacial score (nSPS) is 26.7. The molecule has 2 saturated heterocycles. The van der Waals surface area contributed by atoms with Crippen LogP contribution in [0.2, 0.25) is 0 Å². The van der Waals surface area contributed by atoms with Crippen LogP contribution in [0.5, 0.6) is 0 Å². The highest BCUT2D eigenvalue weighted by Gasteiger charge is 2.32. The summed E-state index contributed by atoms with van der Waals surface area (Å²) >= 11 is 0. The van der Waals surface area contributed by atoms with Crippen LogP contribution < -0.4 is 4.90 Å². The first-order valence-electron chi connectivity index (χ1n) is 8.28. The van der Waals surface area contributed by atoms with Crippen molar-refractivity contribution in [2.24, 2.45) is 11.8 Å². The Morgan fingerprint density at radius 3 is 2.17 bits per heavy atom. The average Bonchev–Trinajstić information content (AvgIpc) is 2.92. The van der Waals surface area contributed by atoms with Crippen LogP contribution in [0, 0.1) is 11.8 Å². The SMILES string of the molecule is C[C@@H]1C[C@@H](C)CN(S(=O)(=O)c2ccc(N3CCCC3=O)cc2)C1. The Morgan fingerprint density at radius 2 is 1.65 bits per heavy atom. The van der Waals surface area contributed by atoms with E-state index in [4.69, 9.17) is 0 Å². The molecule has 6 heteroatoms. The second-order valence-corrected chi connectivity index (χ2v) is 8.85. The summed E-state index contributed by atoms with van der Waals surface area (Å²) in [5.41, 5.74) is 0.784. The molecule has 0 unspecified atom stereocenters. The van der Waals surface area contributed by atoms with E-state index in [0.717, 1.165) is 18.5 Å². The first-order valence-corrected chi connectivity index (χ1v) is 9.72. The molecule has 2 heterocycles. The number of nitrogens with zero attached hydrogens (tertiary/aromatic N) is 2. The fraction of sp³-hybridized carbons (Fsp3) is 0.588. The molecular weight excluding hydrogens is 312 g/mol. The van der Waals surface area contributed by atoms with Crippen molar-refractivity contribution in [2.45, 2.75) is 38.0 Å². The Hall–Kier alpha value is -1.40. The Bertz CT molecular complexity index is 674. The van der Waals surface area contributed by atoms with E-state index in [1.807, 2.05) is 0 Å². The Labute approximate surface area is 138 Å². The predicted molar refractivity (Wildman–Crippen MR) is 89.7 cm³/mol. The lowest BCUT2D eigenvalue weighted by molar-refractivity contribution is -0.117. The molecule has 0 radical (unpaired) electrons. The van der Waals surface area contributed by atoms with E-state index in [9.17, 15) is 13.2 Å². The molecule has 0 spiro atoms. The van der Waals surface area contributed by atoms with Crippen LogP contribution in [-0.2, 0) is 14.8 Å². The number of carbonyl (C=O) groups is 1. The number of rotatable bonds is 3. The van der Waals surface area contributed by atoms with Crippen LogP contribution in [0.25, 0.3) is 0 Å². The lowest BCUT2D eigenvalue weighted by Crippen LogP contribution is -2.42. The van der Waals surface area contributed by atoms with E-state index >= 15 is 0 Å². The second kappa shape index (κ2) is 6.24. The number of amides is 1. The lowest BCUT2D eigenvalue weighted by Gasteiger charge is -2.34. The molecule has 2 aliphatic heterocycles. The molecule has 3 rings (SSSR count). The van der Waals surface area contributed by atoms with Crippen molar-refractivity contribution in [3.63, 3.8) is 0 Å². The minimum atomic E-state index is -3.45. The number of carbonyl (C=O) groups excluding carboxylic acids is 1.